The number of allylic oxidation sites excluding steroid dienone is 1. The summed E-state index contributed by atoms with van der Waals surface area (Å²) in [5, 5.41) is 1.79. The predicted molar refractivity (Wildman–Crippen MR) is 133 cm³/mol. The maximum absolute atomic E-state index is 12.4. The van der Waals surface area contributed by atoms with E-state index in [0.29, 0.717) is 23.1 Å². The van der Waals surface area contributed by atoms with Gasteiger partial charge in [0.1, 0.15) is 6.61 Å². The Kier molecular flexibility index (Phi) is 7.93. The van der Waals surface area contributed by atoms with Crippen LogP contribution in [0.15, 0.2) is 91.2 Å². The Morgan fingerprint density at radius 1 is 0.824 bits per heavy atom. The Hall–Kier alpha value is -4.25. The van der Waals surface area contributed by atoms with Gasteiger partial charge in [0.2, 0.25) is 0 Å². The second-order valence-electron chi connectivity index (χ2n) is 8.08. The number of carbonyl (C=O) groups is 3. The summed E-state index contributed by atoms with van der Waals surface area (Å²) in [6.07, 6.45) is 3.35. The number of hydrogen-bond acceptors (Lipinski definition) is 5. The number of hydrogen-bond donors (Lipinski definition) is 0. The largest absolute Gasteiger partial charge is 0.457 e. The van der Waals surface area contributed by atoms with Gasteiger partial charge in [-0.2, -0.15) is 0 Å². The average Bonchev–Trinajstić information content (AvgIpc) is 2.82. The maximum Gasteiger partial charge on any atom is 0.342 e. The molecule has 0 unspecified atom stereocenters. The van der Waals surface area contributed by atoms with E-state index in [1.807, 2.05) is 48.5 Å². The smallest absolute Gasteiger partial charge is 0.342 e. The number of Topliss-reactive ketones (excluding diaryl/α,β-unsaturated/α-hetero) is 1. The zero-order chi connectivity index (χ0) is 24.7. The lowest BCUT2D eigenvalue weighted by Crippen LogP contribution is -2.04. The van der Waals surface area contributed by atoms with Crippen LogP contribution in [0.4, 0.5) is 0 Å². The molecule has 5 nitrogen and oxygen atoms in total. The SMILES string of the molecule is C=C(C)C(=O)Cc1ccc(/C=C/OC(=O)c2ccc3cc(COC(=O)C(=C)C)ccc3c2)cc1. The molecule has 0 spiro atoms. The van der Waals surface area contributed by atoms with Crippen LogP contribution in [0.2, 0.25) is 0 Å². The van der Waals surface area contributed by atoms with Crippen molar-refractivity contribution in [2.75, 3.05) is 0 Å². The number of rotatable bonds is 9. The van der Waals surface area contributed by atoms with Gasteiger partial charge in [-0.25, -0.2) is 9.59 Å². The fourth-order valence-electron chi connectivity index (χ4n) is 3.11. The number of carbonyl (C=O) groups excluding carboxylic acids is 3. The van der Waals surface area contributed by atoms with E-state index in [1.54, 1.807) is 32.1 Å². The fourth-order valence-corrected chi connectivity index (χ4v) is 3.11. The highest BCUT2D eigenvalue weighted by atomic mass is 16.5. The summed E-state index contributed by atoms with van der Waals surface area (Å²) in [6.45, 7) is 10.7. The predicted octanol–water partition coefficient (Wildman–Crippen LogP) is 5.97. The van der Waals surface area contributed by atoms with E-state index < -0.39 is 11.9 Å². The Balaban J connectivity index is 1.60. The highest BCUT2D eigenvalue weighted by Gasteiger charge is 2.09. The van der Waals surface area contributed by atoms with Crippen LogP contribution in [0, 0.1) is 0 Å². The van der Waals surface area contributed by atoms with Crippen molar-refractivity contribution in [1.82, 2.24) is 0 Å². The maximum atomic E-state index is 12.4. The minimum Gasteiger partial charge on any atom is -0.457 e. The normalized spacial score (nSPS) is 10.8. The van der Waals surface area contributed by atoms with Crippen LogP contribution in [0.25, 0.3) is 16.8 Å². The summed E-state index contributed by atoms with van der Waals surface area (Å²) >= 11 is 0. The molecule has 0 N–H and O–H groups in total. The molecule has 0 amide bonds. The van der Waals surface area contributed by atoms with Crippen molar-refractivity contribution in [3.63, 3.8) is 0 Å². The molecule has 3 aromatic carbocycles. The molecule has 0 atom stereocenters. The van der Waals surface area contributed by atoms with Gasteiger partial charge < -0.3 is 9.47 Å². The van der Waals surface area contributed by atoms with Crippen molar-refractivity contribution in [3.05, 3.63) is 113 Å². The molecule has 0 aliphatic heterocycles. The van der Waals surface area contributed by atoms with Gasteiger partial charge in [0.05, 0.1) is 11.8 Å². The van der Waals surface area contributed by atoms with E-state index in [1.165, 1.54) is 6.26 Å². The van der Waals surface area contributed by atoms with Crippen molar-refractivity contribution in [2.45, 2.75) is 26.9 Å². The molecule has 0 saturated carbocycles. The number of esters is 2. The lowest BCUT2D eigenvalue weighted by Gasteiger charge is -2.07. The Labute approximate surface area is 199 Å². The third-order valence-electron chi connectivity index (χ3n) is 5.11. The average molecular weight is 455 g/mol. The minimum absolute atomic E-state index is 0.00930. The van der Waals surface area contributed by atoms with Crippen LogP contribution in [0.5, 0.6) is 0 Å². The van der Waals surface area contributed by atoms with Gasteiger partial charge in [-0.15, -0.1) is 0 Å². The van der Waals surface area contributed by atoms with Gasteiger partial charge >= 0.3 is 11.9 Å². The third-order valence-corrected chi connectivity index (χ3v) is 5.11. The molecule has 0 bridgehead atoms. The lowest BCUT2D eigenvalue weighted by atomic mass is 10.0. The molecule has 34 heavy (non-hydrogen) atoms. The molecular weight excluding hydrogens is 428 g/mol. The van der Waals surface area contributed by atoms with E-state index in [-0.39, 0.29) is 12.4 Å². The number of benzene rings is 3. The van der Waals surface area contributed by atoms with E-state index in [9.17, 15) is 14.4 Å². The number of ketones is 1. The number of fused-ring (bicyclic) bond motifs is 1. The second kappa shape index (κ2) is 11.1. The van der Waals surface area contributed by atoms with Crippen LogP contribution in [-0.2, 0) is 32.1 Å². The van der Waals surface area contributed by atoms with E-state index >= 15 is 0 Å². The zero-order valence-electron chi connectivity index (χ0n) is 19.3. The van der Waals surface area contributed by atoms with Crippen molar-refractivity contribution in [1.29, 1.82) is 0 Å². The third kappa shape index (κ3) is 6.62. The molecule has 0 aliphatic carbocycles. The van der Waals surface area contributed by atoms with Crippen LogP contribution < -0.4 is 0 Å². The van der Waals surface area contributed by atoms with E-state index in [0.717, 1.165) is 27.5 Å². The summed E-state index contributed by atoms with van der Waals surface area (Å²) in [5.41, 5.74) is 3.90. The molecule has 3 rings (SSSR count). The van der Waals surface area contributed by atoms with Crippen LogP contribution in [-0.4, -0.2) is 17.7 Å². The Morgan fingerprint density at radius 2 is 1.47 bits per heavy atom. The van der Waals surface area contributed by atoms with Crippen molar-refractivity contribution in [3.8, 4) is 0 Å². The molecule has 172 valence electrons. The monoisotopic (exact) mass is 454 g/mol. The Bertz CT molecular complexity index is 1300. The summed E-state index contributed by atoms with van der Waals surface area (Å²) in [5.74, 6) is -0.892. The van der Waals surface area contributed by atoms with Gasteiger partial charge in [0.25, 0.3) is 0 Å². The molecule has 5 heteroatoms. The molecule has 0 radical (unpaired) electrons. The molecule has 0 aromatic heterocycles. The van der Waals surface area contributed by atoms with Crippen LogP contribution >= 0.6 is 0 Å². The first kappa shape index (κ1) is 24.4. The van der Waals surface area contributed by atoms with Crippen molar-refractivity contribution < 1.29 is 23.9 Å². The molecule has 0 saturated heterocycles. The van der Waals surface area contributed by atoms with Gasteiger partial charge in [-0.3, -0.25) is 4.79 Å². The van der Waals surface area contributed by atoms with E-state index in [4.69, 9.17) is 9.47 Å². The van der Waals surface area contributed by atoms with Gasteiger partial charge in [-0.1, -0.05) is 55.6 Å². The summed E-state index contributed by atoms with van der Waals surface area (Å²) in [4.78, 5) is 35.8. The summed E-state index contributed by atoms with van der Waals surface area (Å²) in [7, 11) is 0. The van der Waals surface area contributed by atoms with E-state index in [2.05, 4.69) is 13.2 Å². The Morgan fingerprint density at radius 3 is 2.15 bits per heavy atom. The van der Waals surface area contributed by atoms with Crippen LogP contribution in [0.3, 0.4) is 0 Å². The summed E-state index contributed by atoms with van der Waals surface area (Å²) < 4.78 is 10.4. The topological polar surface area (TPSA) is 69.7 Å². The van der Waals surface area contributed by atoms with Crippen LogP contribution in [0.1, 0.15) is 40.9 Å². The van der Waals surface area contributed by atoms with Gasteiger partial charge in [0.15, 0.2) is 5.78 Å². The first-order chi connectivity index (χ1) is 16.2. The quantitative estimate of drug-likeness (QED) is 0.226. The second-order valence-corrected chi connectivity index (χ2v) is 8.08. The minimum atomic E-state index is -0.471. The van der Waals surface area contributed by atoms with Gasteiger partial charge in [0, 0.05) is 12.0 Å². The lowest BCUT2D eigenvalue weighted by molar-refractivity contribution is -0.140. The molecule has 0 heterocycles. The molecule has 3 aromatic rings. The first-order valence-electron chi connectivity index (χ1n) is 10.7. The van der Waals surface area contributed by atoms with Crippen molar-refractivity contribution >= 4 is 34.6 Å². The first-order valence-corrected chi connectivity index (χ1v) is 10.7. The number of ether oxygens (including phenoxy) is 2. The molecule has 0 fully saturated rings. The van der Waals surface area contributed by atoms with Gasteiger partial charge in [-0.05, 0) is 71.2 Å². The fraction of sp³-hybridized carbons (Fsp3) is 0.138. The highest BCUT2D eigenvalue weighted by molar-refractivity contribution is 5.96. The standard InChI is InChI=1S/C29H26O5/c1-19(2)27(30)16-22-7-5-21(6-8-22)13-14-33-29(32)26-12-11-24-15-23(9-10-25(24)17-26)18-34-28(31)20(3)4/h5-15,17H,1,3,16,18H2,2,4H3/b14-13+. The zero-order valence-corrected chi connectivity index (χ0v) is 19.3. The highest BCUT2D eigenvalue weighted by Crippen LogP contribution is 2.20. The molecular formula is C29H26O5. The molecule has 0 aliphatic rings. The summed E-state index contributed by atoms with van der Waals surface area (Å²) in [6, 6.07) is 18.3. The van der Waals surface area contributed by atoms with Crippen molar-refractivity contribution in [2.24, 2.45) is 0 Å².